The van der Waals surface area contributed by atoms with E-state index in [1.807, 2.05) is 0 Å². The van der Waals surface area contributed by atoms with Crippen LogP contribution < -0.4 is 10.2 Å². The predicted octanol–water partition coefficient (Wildman–Crippen LogP) is 1.96. The molecular formula is C15H19FN2O3. The Labute approximate surface area is 122 Å². The molecule has 0 unspecified atom stereocenters. The zero-order valence-corrected chi connectivity index (χ0v) is 12.1. The molecule has 0 radical (unpaired) electrons. The molecule has 0 aliphatic carbocycles. The molecule has 0 aromatic heterocycles. The SMILES string of the molecule is CC1(C)CN([C@@H]2COC[C@@H]2NC(=O)O)c2ccc(F)cc21. The highest BCUT2D eigenvalue weighted by Crippen LogP contribution is 2.42. The van der Waals surface area contributed by atoms with Crippen LogP contribution in [0.1, 0.15) is 19.4 Å². The van der Waals surface area contributed by atoms with Crippen LogP contribution in [-0.4, -0.2) is 43.0 Å². The fraction of sp³-hybridized carbons (Fsp3) is 0.533. The molecule has 1 aromatic rings. The summed E-state index contributed by atoms with van der Waals surface area (Å²) in [6.07, 6.45) is -1.05. The number of carbonyl (C=O) groups is 1. The Balaban J connectivity index is 1.92. The van der Waals surface area contributed by atoms with Crippen molar-refractivity contribution in [1.82, 2.24) is 5.32 Å². The molecule has 3 rings (SSSR count). The molecule has 2 heterocycles. The standard InChI is InChI=1S/C15H19FN2O3/c1-15(2)8-18(12-4-3-9(16)5-10(12)15)13-7-21-6-11(13)17-14(19)20/h3-5,11,13,17H,6-8H2,1-2H3,(H,19,20)/t11-,13+/m0/s1. The summed E-state index contributed by atoms with van der Waals surface area (Å²) in [7, 11) is 0. The van der Waals surface area contributed by atoms with Crippen LogP contribution in [0.4, 0.5) is 14.9 Å². The Morgan fingerprint density at radius 2 is 2.24 bits per heavy atom. The molecule has 0 spiro atoms. The van der Waals surface area contributed by atoms with E-state index in [0.29, 0.717) is 13.2 Å². The molecule has 0 bridgehead atoms. The third-order valence-corrected chi connectivity index (χ3v) is 4.32. The lowest BCUT2D eigenvalue weighted by Gasteiger charge is -2.31. The Kier molecular flexibility index (Phi) is 3.28. The average Bonchev–Trinajstić information content (AvgIpc) is 2.92. The maximum Gasteiger partial charge on any atom is 0.405 e. The van der Waals surface area contributed by atoms with Gasteiger partial charge in [-0.2, -0.15) is 0 Å². The lowest BCUT2D eigenvalue weighted by Crippen LogP contribution is -2.51. The third kappa shape index (κ3) is 2.44. The second-order valence-electron chi connectivity index (χ2n) is 6.33. The lowest BCUT2D eigenvalue weighted by atomic mass is 9.87. The van der Waals surface area contributed by atoms with Crippen LogP contribution >= 0.6 is 0 Å². The van der Waals surface area contributed by atoms with Crippen molar-refractivity contribution in [2.45, 2.75) is 31.3 Å². The zero-order valence-electron chi connectivity index (χ0n) is 12.1. The van der Waals surface area contributed by atoms with E-state index in [4.69, 9.17) is 9.84 Å². The Morgan fingerprint density at radius 3 is 2.95 bits per heavy atom. The van der Waals surface area contributed by atoms with E-state index in [1.165, 1.54) is 6.07 Å². The number of nitrogens with zero attached hydrogens (tertiary/aromatic N) is 1. The molecular weight excluding hydrogens is 275 g/mol. The van der Waals surface area contributed by atoms with Crippen molar-refractivity contribution in [3.63, 3.8) is 0 Å². The fourth-order valence-corrected chi connectivity index (χ4v) is 3.34. The minimum absolute atomic E-state index is 0.0629. The van der Waals surface area contributed by atoms with E-state index in [-0.39, 0.29) is 23.3 Å². The van der Waals surface area contributed by atoms with Crippen LogP contribution in [0.3, 0.4) is 0 Å². The fourth-order valence-electron chi connectivity index (χ4n) is 3.34. The van der Waals surface area contributed by atoms with E-state index >= 15 is 0 Å². The minimum Gasteiger partial charge on any atom is -0.465 e. The van der Waals surface area contributed by atoms with Gasteiger partial charge in [0.25, 0.3) is 0 Å². The molecule has 1 saturated heterocycles. The van der Waals surface area contributed by atoms with Gasteiger partial charge in [-0.25, -0.2) is 9.18 Å². The van der Waals surface area contributed by atoms with Crippen molar-refractivity contribution in [3.8, 4) is 0 Å². The quantitative estimate of drug-likeness (QED) is 0.875. The molecule has 2 aliphatic heterocycles. The van der Waals surface area contributed by atoms with Gasteiger partial charge in [0.15, 0.2) is 0 Å². The summed E-state index contributed by atoms with van der Waals surface area (Å²) >= 11 is 0. The highest BCUT2D eigenvalue weighted by atomic mass is 19.1. The summed E-state index contributed by atoms with van der Waals surface area (Å²) in [5, 5.41) is 11.4. The molecule has 1 aromatic carbocycles. The molecule has 2 atom stereocenters. The van der Waals surface area contributed by atoms with E-state index in [0.717, 1.165) is 17.8 Å². The van der Waals surface area contributed by atoms with Gasteiger partial charge in [0, 0.05) is 17.6 Å². The molecule has 6 heteroatoms. The Morgan fingerprint density at radius 1 is 1.48 bits per heavy atom. The second kappa shape index (κ2) is 4.87. The van der Waals surface area contributed by atoms with Gasteiger partial charge in [-0.1, -0.05) is 13.8 Å². The topological polar surface area (TPSA) is 61.8 Å². The highest BCUT2D eigenvalue weighted by molar-refractivity contribution is 5.66. The van der Waals surface area contributed by atoms with Crippen LogP contribution in [0, 0.1) is 5.82 Å². The first kappa shape index (κ1) is 14.1. The second-order valence-corrected chi connectivity index (χ2v) is 6.33. The van der Waals surface area contributed by atoms with Gasteiger partial charge < -0.3 is 20.1 Å². The monoisotopic (exact) mass is 294 g/mol. The summed E-state index contributed by atoms with van der Waals surface area (Å²) in [6.45, 7) is 5.70. The van der Waals surface area contributed by atoms with Gasteiger partial charge in [0.05, 0.1) is 25.3 Å². The van der Waals surface area contributed by atoms with Crippen LogP contribution in [0.2, 0.25) is 0 Å². The van der Waals surface area contributed by atoms with E-state index in [9.17, 15) is 9.18 Å². The lowest BCUT2D eigenvalue weighted by molar-refractivity contribution is 0.175. The van der Waals surface area contributed by atoms with Crippen molar-refractivity contribution in [2.75, 3.05) is 24.7 Å². The molecule has 1 amide bonds. The van der Waals surface area contributed by atoms with Gasteiger partial charge >= 0.3 is 6.09 Å². The molecule has 21 heavy (non-hydrogen) atoms. The van der Waals surface area contributed by atoms with Crippen molar-refractivity contribution in [1.29, 1.82) is 0 Å². The molecule has 1 fully saturated rings. The van der Waals surface area contributed by atoms with E-state index in [2.05, 4.69) is 24.1 Å². The highest BCUT2D eigenvalue weighted by Gasteiger charge is 2.43. The number of anilines is 1. The Bertz CT molecular complexity index is 576. The van der Waals surface area contributed by atoms with Gasteiger partial charge in [0.1, 0.15) is 5.82 Å². The van der Waals surface area contributed by atoms with Crippen molar-refractivity contribution in [2.24, 2.45) is 0 Å². The summed E-state index contributed by atoms with van der Waals surface area (Å²) in [6, 6.07) is 4.46. The maximum atomic E-state index is 13.5. The van der Waals surface area contributed by atoms with Gasteiger partial charge in [-0.15, -0.1) is 0 Å². The van der Waals surface area contributed by atoms with Crippen LogP contribution in [-0.2, 0) is 10.2 Å². The summed E-state index contributed by atoms with van der Waals surface area (Å²) in [5.41, 5.74) is 1.76. The third-order valence-electron chi connectivity index (χ3n) is 4.32. The van der Waals surface area contributed by atoms with Gasteiger partial charge in [-0.3, -0.25) is 0 Å². The molecule has 5 nitrogen and oxygen atoms in total. The number of hydrogen-bond donors (Lipinski definition) is 2. The normalized spacial score (nSPS) is 26.7. The van der Waals surface area contributed by atoms with Crippen LogP contribution in [0.15, 0.2) is 18.2 Å². The predicted molar refractivity (Wildman–Crippen MR) is 76.3 cm³/mol. The van der Waals surface area contributed by atoms with Crippen molar-refractivity contribution >= 4 is 11.8 Å². The largest absolute Gasteiger partial charge is 0.465 e. The summed E-state index contributed by atoms with van der Waals surface area (Å²) in [4.78, 5) is 13.0. The molecule has 2 N–H and O–H groups in total. The number of amides is 1. The zero-order chi connectivity index (χ0) is 15.2. The number of fused-ring (bicyclic) bond motifs is 1. The first-order chi connectivity index (χ1) is 9.88. The molecule has 0 saturated carbocycles. The van der Waals surface area contributed by atoms with E-state index < -0.39 is 6.09 Å². The molecule has 114 valence electrons. The number of benzene rings is 1. The van der Waals surface area contributed by atoms with Crippen LogP contribution in [0.5, 0.6) is 0 Å². The van der Waals surface area contributed by atoms with E-state index in [1.54, 1.807) is 12.1 Å². The first-order valence-electron chi connectivity index (χ1n) is 7.02. The van der Waals surface area contributed by atoms with Crippen molar-refractivity contribution < 1.29 is 19.0 Å². The number of halogens is 1. The van der Waals surface area contributed by atoms with Gasteiger partial charge in [0.2, 0.25) is 0 Å². The molecule has 2 aliphatic rings. The summed E-state index contributed by atoms with van der Waals surface area (Å²) < 4.78 is 19.0. The van der Waals surface area contributed by atoms with Crippen LogP contribution in [0.25, 0.3) is 0 Å². The van der Waals surface area contributed by atoms with Crippen molar-refractivity contribution in [3.05, 3.63) is 29.6 Å². The smallest absolute Gasteiger partial charge is 0.405 e. The van der Waals surface area contributed by atoms with Gasteiger partial charge in [-0.05, 0) is 23.8 Å². The Hall–Kier alpha value is -1.82. The summed E-state index contributed by atoms with van der Waals surface area (Å²) in [5.74, 6) is -0.244. The average molecular weight is 294 g/mol. The first-order valence-corrected chi connectivity index (χ1v) is 7.02. The number of carboxylic acid groups (broad SMARTS) is 1. The minimum atomic E-state index is -1.05. The number of nitrogens with one attached hydrogen (secondary N) is 1. The number of hydrogen-bond acceptors (Lipinski definition) is 3. The maximum absolute atomic E-state index is 13.5. The number of rotatable bonds is 2. The number of ether oxygens (including phenoxy) is 1.